The normalized spacial score (nSPS) is 19.3. The Hall–Kier alpha value is -0.170. The van der Waals surface area contributed by atoms with Gasteiger partial charge in [-0.1, -0.05) is 11.6 Å². The number of anilines is 1. The van der Waals surface area contributed by atoms with Crippen LogP contribution in [0.15, 0.2) is 12.1 Å². The first-order chi connectivity index (χ1) is 6.46. The van der Waals surface area contributed by atoms with E-state index in [1.54, 1.807) is 12.1 Å². The second-order valence-electron chi connectivity index (χ2n) is 3.18. The van der Waals surface area contributed by atoms with E-state index in [1.165, 1.54) is 4.90 Å². The molecule has 1 aliphatic heterocycles. The number of hydrogen-bond donors (Lipinski definition) is 0. The van der Waals surface area contributed by atoms with Crippen molar-refractivity contribution in [3.05, 3.63) is 20.9 Å². The summed E-state index contributed by atoms with van der Waals surface area (Å²) < 4.78 is 26.0. The summed E-state index contributed by atoms with van der Waals surface area (Å²) in [5.74, 6) is -2.05. The average molecular weight is 331 g/mol. The van der Waals surface area contributed by atoms with E-state index in [0.717, 1.165) is 3.57 Å². The van der Waals surface area contributed by atoms with Crippen molar-refractivity contribution in [1.82, 2.24) is 4.98 Å². The van der Waals surface area contributed by atoms with E-state index in [2.05, 4.69) is 27.6 Å². The van der Waals surface area contributed by atoms with E-state index >= 15 is 0 Å². The molecule has 0 atom stereocenters. The van der Waals surface area contributed by atoms with Gasteiger partial charge in [0.25, 0.3) is 5.92 Å². The van der Waals surface area contributed by atoms with Crippen LogP contribution >= 0.6 is 34.2 Å². The van der Waals surface area contributed by atoms with Crippen LogP contribution in [0.5, 0.6) is 0 Å². The van der Waals surface area contributed by atoms with Crippen molar-refractivity contribution in [2.75, 3.05) is 18.0 Å². The predicted octanol–water partition coefficient (Wildman–Crippen LogP) is 2.79. The zero-order chi connectivity index (χ0) is 10.3. The fraction of sp³-hybridized carbons (Fsp3) is 0.375. The molecule has 0 N–H and O–H groups in total. The van der Waals surface area contributed by atoms with Crippen molar-refractivity contribution in [1.29, 1.82) is 0 Å². The molecule has 0 amide bonds. The number of pyridine rings is 1. The molecule has 0 spiro atoms. The zero-order valence-electron chi connectivity index (χ0n) is 6.98. The molecule has 0 unspecified atom stereocenters. The minimum Gasteiger partial charge on any atom is -0.344 e. The van der Waals surface area contributed by atoms with Gasteiger partial charge in [0.05, 0.1) is 13.1 Å². The van der Waals surface area contributed by atoms with Crippen molar-refractivity contribution < 1.29 is 8.78 Å². The van der Waals surface area contributed by atoms with Crippen LogP contribution in [0.1, 0.15) is 0 Å². The molecule has 76 valence electrons. The second kappa shape index (κ2) is 3.44. The van der Waals surface area contributed by atoms with Crippen molar-refractivity contribution >= 4 is 40.0 Å². The van der Waals surface area contributed by atoms with Crippen LogP contribution in [0, 0.1) is 3.57 Å². The Morgan fingerprint density at radius 3 is 2.57 bits per heavy atom. The molecule has 0 aliphatic carbocycles. The van der Waals surface area contributed by atoms with E-state index in [0.29, 0.717) is 11.0 Å². The standard InChI is InChI=1S/C8H6ClF2IN2/c9-6-1-5(12)2-7(13-6)14-3-8(10,11)4-14/h1-2H,3-4H2. The largest absolute Gasteiger partial charge is 0.344 e. The Bertz CT molecular complexity index is 344. The predicted molar refractivity (Wildman–Crippen MR) is 59.1 cm³/mol. The minimum atomic E-state index is -2.57. The third kappa shape index (κ3) is 2.08. The lowest BCUT2D eigenvalue weighted by Gasteiger charge is -2.39. The third-order valence-corrected chi connectivity index (χ3v) is 2.73. The van der Waals surface area contributed by atoms with Gasteiger partial charge in [-0.15, -0.1) is 0 Å². The topological polar surface area (TPSA) is 16.1 Å². The van der Waals surface area contributed by atoms with Crippen LogP contribution in [0.4, 0.5) is 14.6 Å². The Balaban J connectivity index is 2.18. The molecule has 2 heterocycles. The minimum absolute atomic E-state index is 0.267. The smallest absolute Gasteiger partial charge is 0.282 e. The molecule has 14 heavy (non-hydrogen) atoms. The Labute approximate surface area is 98.4 Å². The summed E-state index contributed by atoms with van der Waals surface area (Å²) in [7, 11) is 0. The van der Waals surface area contributed by atoms with E-state index in [9.17, 15) is 8.78 Å². The SMILES string of the molecule is FC1(F)CN(c2cc(I)cc(Cl)n2)C1. The molecule has 2 rings (SSSR count). The fourth-order valence-corrected chi connectivity index (χ4v) is 2.25. The molecular formula is C8H6ClF2IN2. The molecule has 1 fully saturated rings. The molecule has 1 aromatic rings. The number of halogens is 4. The number of nitrogens with zero attached hydrogens (tertiary/aromatic N) is 2. The summed E-state index contributed by atoms with van der Waals surface area (Å²) in [4.78, 5) is 5.48. The molecule has 0 bridgehead atoms. The zero-order valence-corrected chi connectivity index (χ0v) is 9.89. The molecule has 0 saturated carbocycles. The molecule has 1 aromatic heterocycles. The molecule has 6 heteroatoms. The number of rotatable bonds is 1. The van der Waals surface area contributed by atoms with Crippen LogP contribution < -0.4 is 4.90 Å². The van der Waals surface area contributed by atoms with Gasteiger partial charge in [-0.3, -0.25) is 0 Å². The van der Waals surface area contributed by atoms with Gasteiger partial charge in [0.1, 0.15) is 11.0 Å². The lowest BCUT2D eigenvalue weighted by Crippen LogP contribution is -2.56. The van der Waals surface area contributed by atoms with E-state index in [4.69, 9.17) is 11.6 Å². The Morgan fingerprint density at radius 1 is 1.43 bits per heavy atom. The second-order valence-corrected chi connectivity index (χ2v) is 4.81. The van der Waals surface area contributed by atoms with Crippen molar-refractivity contribution in [2.24, 2.45) is 0 Å². The maximum atomic E-state index is 12.6. The first kappa shape index (κ1) is 10.4. The van der Waals surface area contributed by atoms with Crippen LogP contribution in [0.2, 0.25) is 5.15 Å². The van der Waals surface area contributed by atoms with Crippen molar-refractivity contribution in [3.8, 4) is 0 Å². The van der Waals surface area contributed by atoms with E-state index < -0.39 is 5.92 Å². The number of alkyl halides is 2. The van der Waals surface area contributed by atoms with Gasteiger partial charge >= 0.3 is 0 Å². The quantitative estimate of drug-likeness (QED) is 0.581. The van der Waals surface area contributed by atoms with Crippen molar-refractivity contribution in [2.45, 2.75) is 5.92 Å². The Morgan fingerprint density at radius 2 is 2.07 bits per heavy atom. The van der Waals surface area contributed by atoms with Crippen LogP contribution in [-0.4, -0.2) is 24.0 Å². The summed E-state index contributed by atoms with van der Waals surface area (Å²) >= 11 is 7.79. The molecule has 0 radical (unpaired) electrons. The summed E-state index contributed by atoms with van der Waals surface area (Å²) in [6.07, 6.45) is 0. The van der Waals surface area contributed by atoms with E-state index in [1.807, 2.05) is 0 Å². The third-order valence-electron chi connectivity index (χ3n) is 1.91. The van der Waals surface area contributed by atoms with Crippen molar-refractivity contribution in [3.63, 3.8) is 0 Å². The summed E-state index contributed by atoms with van der Waals surface area (Å²) in [6, 6.07) is 3.42. The van der Waals surface area contributed by atoms with Crippen LogP contribution in [0.3, 0.4) is 0 Å². The summed E-state index contributed by atoms with van der Waals surface area (Å²) in [5, 5.41) is 0.335. The highest BCUT2D eigenvalue weighted by Crippen LogP contribution is 2.31. The molecule has 2 nitrogen and oxygen atoms in total. The van der Waals surface area contributed by atoms with Gasteiger partial charge in [0.2, 0.25) is 0 Å². The lowest BCUT2D eigenvalue weighted by molar-refractivity contribution is -0.0267. The van der Waals surface area contributed by atoms with Gasteiger partial charge in [-0.05, 0) is 34.7 Å². The molecule has 1 saturated heterocycles. The highest BCUT2D eigenvalue weighted by atomic mass is 127. The first-order valence-corrected chi connectivity index (χ1v) is 5.38. The van der Waals surface area contributed by atoms with Gasteiger partial charge < -0.3 is 4.90 Å². The monoisotopic (exact) mass is 330 g/mol. The highest BCUT2D eigenvalue weighted by Gasteiger charge is 2.44. The number of aromatic nitrogens is 1. The van der Waals surface area contributed by atoms with Gasteiger partial charge in [0, 0.05) is 3.57 Å². The first-order valence-electron chi connectivity index (χ1n) is 3.92. The maximum absolute atomic E-state index is 12.6. The van der Waals surface area contributed by atoms with Gasteiger partial charge in [0.15, 0.2) is 0 Å². The number of hydrogen-bond acceptors (Lipinski definition) is 2. The molecule has 0 aromatic carbocycles. The van der Waals surface area contributed by atoms with Crippen LogP contribution in [-0.2, 0) is 0 Å². The summed E-state index contributed by atoms with van der Waals surface area (Å²) in [6.45, 7) is -0.535. The van der Waals surface area contributed by atoms with Crippen LogP contribution in [0.25, 0.3) is 0 Å². The molecule has 1 aliphatic rings. The summed E-state index contributed by atoms with van der Waals surface area (Å²) in [5.41, 5.74) is 0. The maximum Gasteiger partial charge on any atom is 0.282 e. The van der Waals surface area contributed by atoms with Gasteiger partial charge in [-0.2, -0.15) is 0 Å². The average Bonchev–Trinajstić information content (AvgIpc) is 1.97. The van der Waals surface area contributed by atoms with E-state index in [-0.39, 0.29) is 13.1 Å². The lowest BCUT2D eigenvalue weighted by atomic mass is 10.1. The fourth-order valence-electron chi connectivity index (χ4n) is 1.29. The Kier molecular flexibility index (Phi) is 2.55. The highest BCUT2D eigenvalue weighted by molar-refractivity contribution is 14.1. The molecular weight excluding hydrogens is 324 g/mol. The van der Waals surface area contributed by atoms with Gasteiger partial charge in [-0.25, -0.2) is 13.8 Å².